The molecule has 5 rings (SSSR count). The van der Waals surface area contributed by atoms with Gasteiger partial charge in [0.2, 0.25) is 0 Å². The fraction of sp³-hybridized carbons (Fsp3) is 0.286. The number of nitrogens with zero attached hydrogens (tertiary/aromatic N) is 3. The van der Waals surface area contributed by atoms with E-state index < -0.39 is 0 Å². The van der Waals surface area contributed by atoms with Crippen LogP contribution in [0.4, 0.5) is 0 Å². The maximum atomic E-state index is 13.2. The fourth-order valence-electron chi connectivity index (χ4n) is 3.79. The van der Waals surface area contributed by atoms with Crippen molar-refractivity contribution in [1.29, 1.82) is 0 Å². The molecule has 4 nitrogen and oxygen atoms in total. The summed E-state index contributed by atoms with van der Waals surface area (Å²) in [6.07, 6.45) is 4.88. The molecule has 1 unspecified atom stereocenters. The van der Waals surface area contributed by atoms with Gasteiger partial charge < -0.3 is 0 Å². The quantitative estimate of drug-likeness (QED) is 0.395. The van der Waals surface area contributed by atoms with E-state index in [4.69, 9.17) is 4.98 Å². The summed E-state index contributed by atoms with van der Waals surface area (Å²) in [5, 5.41) is 3.81. The Balaban J connectivity index is 1.49. The highest BCUT2D eigenvalue weighted by Crippen LogP contribution is 2.35. The topological polar surface area (TPSA) is 47.8 Å². The highest BCUT2D eigenvalue weighted by atomic mass is 79.9. The van der Waals surface area contributed by atoms with Crippen molar-refractivity contribution >= 4 is 48.8 Å². The zero-order valence-corrected chi connectivity index (χ0v) is 18.5. The Morgan fingerprint density at radius 3 is 3.11 bits per heavy atom. The smallest absolute Gasteiger partial charge is 0.262 e. The lowest BCUT2D eigenvalue weighted by Gasteiger charge is -2.17. The van der Waals surface area contributed by atoms with Gasteiger partial charge in [-0.3, -0.25) is 9.36 Å². The van der Waals surface area contributed by atoms with E-state index in [9.17, 15) is 4.79 Å². The number of hydrogen-bond acceptors (Lipinski definition) is 5. The third-order valence-corrected chi connectivity index (χ3v) is 7.83. The molecular weight excluding hydrogens is 454 g/mol. The van der Waals surface area contributed by atoms with Gasteiger partial charge in [-0.2, -0.15) is 0 Å². The summed E-state index contributed by atoms with van der Waals surface area (Å²) in [5.41, 5.74) is 3.26. The molecule has 142 valence electrons. The standard InChI is InChI=1S/C21H18BrN3OS2/c1-12-5-6-16-17(7-12)28-20-18(16)21(26)25(11-23-20)9-15-10-27-19(24-15)13-3-2-4-14(22)8-13/h2-4,8,10-12H,5-7,9H2,1H3. The largest absolute Gasteiger partial charge is 0.293 e. The van der Waals surface area contributed by atoms with Crippen LogP contribution in [0.3, 0.4) is 0 Å². The van der Waals surface area contributed by atoms with Crippen LogP contribution in [-0.4, -0.2) is 14.5 Å². The maximum absolute atomic E-state index is 13.2. The lowest BCUT2D eigenvalue weighted by atomic mass is 9.89. The number of hydrogen-bond donors (Lipinski definition) is 0. The lowest BCUT2D eigenvalue weighted by molar-refractivity contribution is 0.509. The molecule has 0 radical (unpaired) electrons. The van der Waals surface area contributed by atoms with Gasteiger partial charge in [-0.1, -0.05) is 35.0 Å². The number of rotatable bonds is 3. The van der Waals surface area contributed by atoms with Gasteiger partial charge in [0, 0.05) is 20.3 Å². The van der Waals surface area contributed by atoms with Gasteiger partial charge in [-0.05, 0) is 42.9 Å². The number of thiophene rings is 1. The molecule has 0 fully saturated rings. The predicted molar refractivity (Wildman–Crippen MR) is 119 cm³/mol. The van der Waals surface area contributed by atoms with Gasteiger partial charge in [-0.25, -0.2) is 9.97 Å². The molecule has 1 aromatic carbocycles. The highest BCUT2D eigenvalue weighted by molar-refractivity contribution is 9.10. The van der Waals surface area contributed by atoms with Crippen molar-refractivity contribution in [3.63, 3.8) is 0 Å². The van der Waals surface area contributed by atoms with E-state index in [0.29, 0.717) is 12.5 Å². The SMILES string of the molecule is CC1CCc2c(sc3ncn(Cc4csc(-c5cccc(Br)c5)n4)c(=O)c23)C1. The summed E-state index contributed by atoms with van der Waals surface area (Å²) in [5.74, 6) is 0.689. The van der Waals surface area contributed by atoms with Crippen LogP contribution in [0.15, 0.2) is 45.2 Å². The Morgan fingerprint density at radius 2 is 2.25 bits per heavy atom. The summed E-state index contributed by atoms with van der Waals surface area (Å²) in [7, 11) is 0. The van der Waals surface area contributed by atoms with Gasteiger partial charge in [-0.15, -0.1) is 22.7 Å². The third kappa shape index (κ3) is 3.25. The minimum atomic E-state index is 0.0639. The molecule has 1 atom stereocenters. The van der Waals surface area contributed by atoms with E-state index in [1.807, 2.05) is 23.6 Å². The number of halogens is 1. The number of aryl methyl sites for hydroxylation is 1. The molecule has 0 bridgehead atoms. The van der Waals surface area contributed by atoms with E-state index in [-0.39, 0.29) is 5.56 Å². The summed E-state index contributed by atoms with van der Waals surface area (Å²) < 4.78 is 2.73. The first-order chi connectivity index (χ1) is 13.6. The molecule has 1 aliphatic rings. The molecule has 3 aromatic heterocycles. The Kier molecular flexibility index (Phi) is 4.69. The Bertz CT molecular complexity index is 1240. The first-order valence-corrected chi connectivity index (χ1v) is 11.8. The summed E-state index contributed by atoms with van der Waals surface area (Å²) in [6.45, 7) is 2.73. The third-order valence-electron chi connectivity index (χ3n) is 5.24. The highest BCUT2D eigenvalue weighted by Gasteiger charge is 2.23. The number of aromatic nitrogens is 3. The molecule has 0 aliphatic heterocycles. The van der Waals surface area contributed by atoms with Crippen LogP contribution in [0.25, 0.3) is 20.8 Å². The first-order valence-electron chi connectivity index (χ1n) is 9.28. The van der Waals surface area contributed by atoms with Crippen molar-refractivity contribution in [3.05, 3.63) is 66.9 Å². The van der Waals surface area contributed by atoms with Crippen molar-refractivity contribution in [1.82, 2.24) is 14.5 Å². The molecular formula is C21H18BrN3OS2. The van der Waals surface area contributed by atoms with Gasteiger partial charge in [0.25, 0.3) is 5.56 Å². The maximum Gasteiger partial charge on any atom is 0.262 e. The summed E-state index contributed by atoms with van der Waals surface area (Å²) in [6, 6.07) is 8.11. The average molecular weight is 472 g/mol. The predicted octanol–water partition coefficient (Wildman–Crippen LogP) is 5.52. The van der Waals surface area contributed by atoms with Crippen LogP contribution in [0, 0.1) is 5.92 Å². The zero-order chi connectivity index (χ0) is 19.3. The molecule has 0 saturated heterocycles. The van der Waals surface area contributed by atoms with Gasteiger partial charge in [0.15, 0.2) is 0 Å². The minimum Gasteiger partial charge on any atom is -0.293 e. The van der Waals surface area contributed by atoms with Crippen molar-refractivity contribution in [2.45, 2.75) is 32.7 Å². The van der Waals surface area contributed by atoms with E-state index in [1.165, 1.54) is 10.4 Å². The molecule has 0 spiro atoms. The second-order valence-corrected chi connectivity index (χ2v) is 10.2. The van der Waals surface area contributed by atoms with Crippen LogP contribution in [-0.2, 0) is 19.4 Å². The van der Waals surface area contributed by atoms with Crippen molar-refractivity contribution in [2.24, 2.45) is 5.92 Å². The molecule has 7 heteroatoms. The van der Waals surface area contributed by atoms with Crippen LogP contribution in [0.2, 0.25) is 0 Å². The van der Waals surface area contributed by atoms with Gasteiger partial charge in [0.1, 0.15) is 9.84 Å². The second kappa shape index (κ2) is 7.21. The normalized spacial score (nSPS) is 16.4. The number of thiazole rings is 1. The Labute approximate surface area is 179 Å². The van der Waals surface area contributed by atoms with E-state index >= 15 is 0 Å². The minimum absolute atomic E-state index is 0.0639. The first kappa shape index (κ1) is 18.2. The molecule has 0 saturated carbocycles. The Morgan fingerprint density at radius 1 is 1.36 bits per heavy atom. The second-order valence-electron chi connectivity index (χ2n) is 7.36. The van der Waals surface area contributed by atoms with Crippen molar-refractivity contribution < 1.29 is 0 Å². The molecule has 3 heterocycles. The van der Waals surface area contributed by atoms with E-state index in [0.717, 1.165) is 50.2 Å². The molecule has 0 N–H and O–H groups in total. The van der Waals surface area contributed by atoms with Gasteiger partial charge >= 0.3 is 0 Å². The Hall–Kier alpha value is -1.83. The van der Waals surface area contributed by atoms with Crippen LogP contribution in [0.5, 0.6) is 0 Å². The van der Waals surface area contributed by atoms with Crippen molar-refractivity contribution in [3.8, 4) is 10.6 Å². The fourth-order valence-corrected chi connectivity index (χ4v) is 6.34. The summed E-state index contributed by atoms with van der Waals surface area (Å²) >= 11 is 6.80. The van der Waals surface area contributed by atoms with Crippen molar-refractivity contribution in [2.75, 3.05) is 0 Å². The lowest BCUT2D eigenvalue weighted by Crippen LogP contribution is -2.22. The van der Waals surface area contributed by atoms with Crippen LogP contribution < -0.4 is 5.56 Å². The molecule has 28 heavy (non-hydrogen) atoms. The number of fused-ring (bicyclic) bond motifs is 3. The van der Waals surface area contributed by atoms with Crippen LogP contribution >= 0.6 is 38.6 Å². The molecule has 4 aromatic rings. The van der Waals surface area contributed by atoms with E-state index in [2.05, 4.69) is 33.9 Å². The molecule has 1 aliphatic carbocycles. The monoisotopic (exact) mass is 471 g/mol. The van der Waals surface area contributed by atoms with Crippen LogP contribution in [0.1, 0.15) is 29.5 Å². The zero-order valence-electron chi connectivity index (χ0n) is 15.3. The number of benzene rings is 1. The summed E-state index contributed by atoms with van der Waals surface area (Å²) in [4.78, 5) is 24.7. The van der Waals surface area contributed by atoms with Gasteiger partial charge in [0.05, 0.1) is 24.0 Å². The van der Waals surface area contributed by atoms with E-state index in [1.54, 1.807) is 33.6 Å². The average Bonchev–Trinajstić information content (AvgIpc) is 3.28. The molecule has 0 amide bonds.